The van der Waals surface area contributed by atoms with Gasteiger partial charge in [0.05, 0.1) is 17.5 Å². The quantitative estimate of drug-likeness (QED) is 0.221. The Hall–Kier alpha value is -5.12. The third-order valence-electron chi connectivity index (χ3n) is 9.24. The minimum atomic E-state index is -3.94. The van der Waals surface area contributed by atoms with Gasteiger partial charge in [0.25, 0.3) is 5.91 Å². The highest BCUT2D eigenvalue weighted by Gasteiger charge is 2.62. The molecule has 2 aromatic rings. The Bertz CT molecular complexity index is 1890. The highest BCUT2D eigenvalue weighted by molar-refractivity contribution is 7.91. The summed E-state index contributed by atoms with van der Waals surface area (Å²) in [5, 5.41) is 7.34. The van der Waals surface area contributed by atoms with Crippen LogP contribution in [0.3, 0.4) is 0 Å². The summed E-state index contributed by atoms with van der Waals surface area (Å²) < 4.78 is 44.5. The van der Waals surface area contributed by atoms with Gasteiger partial charge >= 0.3 is 12.2 Å². The van der Waals surface area contributed by atoms with E-state index in [2.05, 4.69) is 27.3 Å². The number of anilines is 1. The summed E-state index contributed by atoms with van der Waals surface area (Å²) >= 11 is 0. The number of amides is 5. The normalized spacial score (nSPS) is 22.9. The second-order valence-electron chi connectivity index (χ2n) is 15.9. The SMILES string of the molecule is C=CC1CC1(NC(=O)[C@H]1C[C@@H](OC(=O)Nc2ccccc2Oc2ccccc2)CN1C(=O)[C@@H](NC(=O)OC(C)(C)C)C(C)(C)C)C(=O)NS(=O)(=O)C1CC1. The standard InChI is InChI=1S/C38H49N5O10S/c1-8-23-21-38(23,33(46)42-54(49,50)26-18-19-26)41-31(44)28-20-25(22-43(28)32(45)30(36(2,3)4)40-35(48)53-37(5,6)7)52-34(47)39-27-16-12-13-17-29(27)51-24-14-10-9-11-15-24/h8-17,23,25-26,28,30H,1,18-22H2,2-7H3,(H,39,47)(H,40,48)(H,41,44)(H,42,46)/t23?,25-,28-,30-,38?/m1/s1. The second kappa shape index (κ2) is 15.3. The van der Waals surface area contributed by atoms with Crippen LogP contribution in [-0.4, -0.2) is 84.3 Å². The number of rotatable bonds is 12. The van der Waals surface area contributed by atoms with Crippen LogP contribution < -0.4 is 25.4 Å². The number of nitrogens with zero attached hydrogens (tertiary/aromatic N) is 1. The largest absolute Gasteiger partial charge is 0.455 e. The Morgan fingerprint density at radius 3 is 2.19 bits per heavy atom. The van der Waals surface area contributed by atoms with Crippen LogP contribution in [0.5, 0.6) is 11.5 Å². The lowest BCUT2D eigenvalue weighted by Gasteiger charge is -2.36. The van der Waals surface area contributed by atoms with Gasteiger partial charge in [0, 0.05) is 12.3 Å². The van der Waals surface area contributed by atoms with Crippen molar-refractivity contribution < 1.29 is 46.6 Å². The lowest BCUT2D eigenvalue weighted by molar-refractivity contribution is -0.143. The van der Waals surface area contributed by atoms with E-state index in [0.29, 0.717) is 30.0 Å². The molecule has 16 heteroatoms. The Kier molecular flexibility index (Phi) is 11.4. The van der Waals surface area contributed by atoms with Crippen LogP contribution in [-0.2, 0) is 33.9 Å². The van der Waals surface area contributed by atoms with Crippen LogP contribution in [0.1, 0.15) is 67.2 Å². The maximum absolute atomic E-state index is 14.4. The number of para-hydroxylation sites is 3. The highest BCUT2D eigenvalue weighted by Crippen LogP contribution is 2.45. The molecular weight excluding hydrogens is 719 g/mol. The van der Waals surface area contributed by atoms with Crippen LogP contribution in [0.4, 0.5) is 15.3 Å². The summed E-state index contributed by atoms with van der Waals surface area (Å²) in [6.07, 6.45) is -0.511. The number of alkyl carbamates (subject to hydrolysis) is 1. The van der Waals surface area contributed by atoms with Crippen LogP contribution in [0.2, 0.25) is 0 Å². The number of nitrogens with one attached hydrogen (secondary N) is 4. The number of likely N-dealkylation sites (tertiary alicyclic amines) is 1. The topological polar surface area (TPSA) is 199 Å². The minimum absolute atomic E-state index is 0.0898. The number of ether oxygens (including phenoxy) is 3. The molecule has 1 saturated heterocycles. The first kappa shape index (κ1) is 40.1. The predicted molar refractivity (Wildman–Crippen MR) is 199 cm³/mol. The summed E-state index contributed by atoms with van der Waals surface area (Å²) in [5.74, 6) is -2.02. The Balaban J connectivity index is 1.38. The molecule has 5 atom stereocenters. The van der Waals surface area contributed by atoms with Gasteiger partial charge in [-0.1, -0.05) is 57.2 Å². The highest BCUT2D eigenvalue weighted by atomic mass is 32.2. The van der Waals surface area contributed by atoms with Crippen molar-refractivity contribution in [3.63, 3.8) is 0 Å². The van der Waals surface area contributed by atoms with Crippen molar-refractivity contribution in [2.24, 2.45) is 11.3 Å². The molecule has 1 heterocycles. The maximum atomic E-state index is 14.4. The van der Waals surface area contributed by atoms with Crippen LogP contribution >= 0.6 is 0 Å². The first-order chi connectivity index (χ1) is 25.2. The van der Waals surface area contributed by atoms with Gasteiger partial charge in [-0.25, -0.2) is 18.0 Å². The molecule has 292 valence electrons. The van der Waals surface area contributed by atoms with E-state index in [0.717, 1.165) is 0 Å². The van der Waals surface area contributed by atoms with Crippen molar-refractivity contribution in [3.05, 3.63) is 67.3 Å². The Morgan fingerprint density at radius 2 is 1.59 bits per heavy atom. The Morgan fingerprint density at radius 1 is 0.944 bits per heavy atom. The van der Waals surface area contributed by atoms with Gasteiger partial charge < -0.3 is 29.7 Å². The van der Waals surface area contributed by atoms with Crippen molar-refractivity contribution in [1.82, 2.24) is 20.3 Å². The van der Waals surface area contributed by atoms with Gasteiger partial charge in [0.15, 0.2) is 5.75 Å². The molecule has 5 rings (SSSR count). The average Bonchev–Trinajstić information content (AvgIpc) is 4.00. The molecule has 5 amide bonds. The molecule has 2 saturated carbocycles. The van der Waals surface area contributed by atoms with Crippen LogP contribution in [0, 0.1) is 11.3 Å². The molecule has 4 N–H and O–H groups in total. The fourth-order valence-corrected chi connectivity index (χ4v) is 7.56. The van der Waals surface area contributed by atoms with Crippen LogP contribution in [0.25, 0.3) is 0 Å². The average molecular weight is 768 g/mol. The van der Waals surface area contributed by atoms with E-state index in [4.69, 9.17) is 14.2 Å². The smallest absolute Gasteiger partial charge is 0.412 e. The molecule has 0 bridgehead atoms. The van der Waals surface area contributed by atoms with E-state index in [1.807, 2.05) is 6.07 Å². The molecule has 0 aromatic heterocycles. The zero-order valence-corrected chi connectivity index (χ0v) is 32.2. The van der Waals surface area contributed by atoms with Gasteiger partial charge in [-0.2, -0.15) is 0 Å². The third kappa shape index (κ3) is 9.70. The van der Waals surface area contributed by atoms with Crippen molar-refractivity contribution in [1.29, 1.82) is 0 Å². The first-order valence-corrected chi connectivity index (χ1v) is 19.4. The van der Waals surface area contributed by atoms with Gasteiger partial charge in [0.2, 0.25) is 21.8 Å². The number of sulfonamides is 1. The van der Waals surface area contributed by atoms with Crippen molar-refractivity contribution in [2.45, 2.75) is 102 Å². The van der Waals surface area contributed by atoms with E-state index >= 15 is 0 Å². The molecule has 54 heavy (non-hydrogen) atoms. The number of hydrogen-bond donors (Lipinski definition) is 4. The van der Waals surface area contributed by atoms with E-state index in [1.54, 1.807) is 90.1 Å². The monoisotopic (exact) mass is 767 g/mol. The third-order valence-corrected chi connectivity index (χ3v) is 11.1. The van der Waals surface area contributed by atoms with E-state index in [-0.39, 0.29) is 19.4 Å². The fraction of sp³-hybridized carbons (Fsp3) is 0.500. The lowest BCUT2D eigenvalue weighted by Crippen LogP contribution is -2.60. The molecule has 2 aliphatic carbocycles. The predicted octanol–water partition coefficient (Wildman–Crippen LogP) is 4.61. The molecule has 1 aliphatic heterocycles. The number of carbonyl (C=O) groups is 5. The molecule has 2 unspecified atom stereocenters. The Labute approximate surface area is 315 Å². The molecular formula is C38H49N5O10S. The van der Waals surface area contributed by atoms with Gasteiger partial charge in [0.1, 0.15) is 35.1 Å². The van der Waals surface area contributed by atoms with E-state index in [1.165, 1.54) is 11.0 Å². The summed E-state index contributed by atoms with van der Waals surface area (Å²) in [7, 11) is -3.94. The van der Waals surface area contributed by atoms with E-state index < -0.39 is 85.8 Å². The van der Waals surface area contributed by atoms with Gasteiger partial charge in [-0.15, -0.1) is 6.58 Å². The first-order valence-electron chi connectivity index (χ1n) is 17.8. The van der Waals surface area contributed by atoms with Crippen molar-refractivity contribution in [2.75, 3.05) is 11.9 Å². The lowest BCUT2D eigenvalue weighted by atomic mass is 9.85. The van der Waals surface area contributed by atoms with Crippen LogP contribution in [0.15, 0.2) is 67.3 Å². The number of carbonyl (C=O) groups excluding carboxylic acids is 5. The summed E-state index contributed by atoms with van der Waals surface area (Å²) in [5.41, 5.74) is -3.06. The number of benzene rings is 2. The summed E-state index contributed by atoms with van der Waals surface area (Å²) in [4.78, 5) is 69.4. The van der Waals surface area contributed by atoms with Gasteiger partial charge in [-0.3, -0.25) is 24.4 Å². The molecule has 3 fully saturated rings. The summed E-state index contributed by atoms with van der Waals surface area (Å²) in [6.45, 7) is 13.7. The molecule has 3 aliphatic rings. The second-order valence-corrected chi connectivity index (χ2v) is 17.9. The number of hydrogen-bond acceptors (Lipinski definition) is 10. The summed E-state index contributed by atoms with van der Waals surface area (Å²) in [6, 6.07) is 13.2. The zero-order valence-electron chi connectivity index (χ0n) is 31.3. The van der Waals surface area contributed by atoms with Gasteiger partial charge in [-0.05, 0) is 69.7 Å². The maximum Gasteiger partial charge on any atom is 0.412 e. The molecule has 0 radical (unpaired) electrons. The molecule has 0 spiro atoms. The molecule has 2 aromatic carbocycles. The van der Waals surface area contributed by atoms with E-state index in [9.17, 15) is 32.4 Å². The van der Waals surface area contributed by atoms with Crippen molar-refractivity contribution >= 4 is 45.6 Å². The minimum Gasteiger partial charge on any atom is -0.455 e. The zero-order chi connectivity index (χ0) is 39.6. The fourth-order valence-electron chi connectivity index (χ4n) is 6.20. The van der Waals surface area contributed by atoms with Crippen molar-refractivity contribution in [3.8, 4) is 11.5 Å². The molecule has 15 nitrogen and oxygen atoms in total.